The van der Waals surface area contributed by atoms with E-state index in [1.807, 2.05) is 13.8 Å². The van der Waals surface area contributed by atoms with Gasteiger partial charge in [-0.05, 0) is 51.5 Å². The highest BCUT2D eigenvalue weighted by Gasteiger charge is 2.45. The van der Waals surface area contributed by atoms with Crippen molar-refractivity contribution in [3.63, 3.8) is 0 Å². The Morgan fingerprint density at radius 2 is 1.88 bits per heavy atom. The molecule has 0 radical (unpaired) electrons. The molecule has 0 unspecified atom stereocenters. The Hall–Kier alpha value is -2.70. The first-order valence-electron chi connectivity index (χ1n) is 13.2. The van der Waals surface area contributed by atoms with Gasteiger partial charge in [-0.1, -0.05) is 37.0 Å². The van der Waals surface area contributed by atoms with Gasteiger partial charge in [-0.2, -0.15) is 18.3 Å². The quantitative estimate of drug-likeness (QED) is 0.183. The maximum Gasteiger partial charge on any atom is 0.433 e. The number of carbonyl (C=O) groups is 3. The van der Waals surface area contributed by atoms with E-state index in [-0.39, 0.29) is 60.5 Å². The largest absolute Gasteiger partial charge is 0.481 e. The molecule has 0 atom stereocenters. The molecule has 41 heavy (non-hydrogen) atoms. The fourth-order valence-corrected chi connectivity index (χ4v) is 5.53. The van der Waals surface area contributed by atoms with Crippen molar-refractivity contribution >= 4 is 40.9 Å². The fraction of sp³-hybridized carbons (Fsp3) is 0.593. The number of aromatic nitrogens is 3. The summed E-state index contributed by atoms with van der Waals surface area (Å²) in [5.74, 6) is -2.60. The predicted octanol–water partition coefficient (Wildman–Crippen LogP) is 6.12. The van der Waals surface area contributed by atoms with Crippen LogP contribution >= 0.6 is 23.2 Å². The van der Waals surface area contributed by atoms with Crippen molar-refractivity contribution in [2.75, 3.05) is 26.3 Å². The number of aliphatic carboxylic acids is 1. The second-order valence-electron chi connectivity index (χ2n) is 11.0. The molecular weight excluding hydrogens is 588 g/mol. The van der Waals surface area contributed by atoms with E-state index in [4.69, 9.17) is 27.9 Å². The first kappa shape index (κ1) is 32.8. The van der Waals surface area contributed by atoms with E-state index in [2.05, 4.69) is 10.1 Å². The molecule has 1 aliphatic carbocycles. The number of amides is 1. The summed E-state index contributed by atoms with van der Waals surface area (Å²) in [7, 11) is 0. The lowest BCUT2D eigenvalue weighted by Crippen LogP contribution is -2.39. The minimum Gasteiger partial charge on any atom is -0.481 e. The second-order valence-corrected chi connectivity index (χ2v) is 11.7. The predicted molar refractivity (Wildman–Crippen MR) is 145 cm³/mol. The van der Waals surface area contributed by atoms with Gasteiger partial charge < -0.3 is 14.7 Å². The zero-order valence-electron chi connectivity index (χ0n) is 23.2. The summed E-state index contributed by atoms with van der Waals surface area (Å²) >= 11 is 12.4. The van der Waals surface area contributed by atoms with Gasteiger partial charge in [0.2, 0.25) is 0 Å². The molecule has 226 valence electrons. The molecule has 1 aliphatic rings. The van der Waals surface area contributed by atoms with Crippen molar-refractivity contribution in [2.24, 2.45) is 11.3 Å². The topological polar surface area (TPSA) is 115 Å². The lowest BCUT2D eigenvalue weighted by atomic mass is 9.74. The number of hydrogen-bond acceptors (Lipinski definition) is 6. The van der Waals surface area contributed by atoms with Crippen LogP contribution in [0.1, 0.15) is 84.6 Å². The van der Waals surface area contributed by atoms with Gasteiger partial charge in [0, 0.05) is 18.8 Å². The Kier molecular flexibility index (Phi) is 10.5. The van der Waals surface area contributed by atoms with Gasteiger partial charge in [0.25, 0.3) is 5.91 Å². The van der Waals surface area contributed by atoms with E-state index in [1.165, 1.54) is 6.07 Å². The molecule has 2 heterocycles. The van der Waals surface area contributed by atoms with E-state index in [1.54, 1.807) is 13.8 Å². The maximum atomic E-state index is 14.4. The van der Waals surface area contributed by atoms with E-state index in [9.17, 15) is 32.7 Å². The first-order chi connectivity index (χ1) is 19.0. The van der Waals surface area contributed by atoms with Gasteiger partial charge in [0.05, 0.1) is 47.0 Å². The van der Waals surface area contributed by atoms with Crippen LogP contribution in [0.2, 0.25) is 10.2 Å². The Balaban J connectivity index is 1.94. The minimum absolute atomic E-state index is 0.00502. The molecule has 1 saturated carbocycles. The molecule has 1 fully saturated rings. The highest BCUT2D eigenvalue weighted by Crippen LogP contribution is 2.43. The second kappa shape index (κ2) is 13.1. The Labute approximate surface area is 245 Å². The standard InChI is InChI=1S/C27H33Cl2F3N4O5/c1-15(2)14-41-10-9-35(13-20(37)21-19(28)11-16(3)34-23(21)29)24(38)18-12-33-36(22(18)27(30,31)32)17-5-7-26(4,8-6-17)25(39)40/h11-12,15,17H,5-10,13-14H2,1-4H3,(H,39,40). The van der Waals surface area contributed by atoms with Crippen LogP contribution in [0.3, 0.4) is 0 Å². The van der Waals surface area contributed by atoms with Crippen LogP contribution in [-0.4, -0.2) is 68.7 Å². The van der Waals surface area contributed by atoms with Gasteiger partial charge in [-0.25, -0.2) is 4.98 Å². The SMILES string of the molecule is Cc1cc(Cl)c(C(=O)CN(CCOCC(C)C)C(=O)c2cnn(C3CCC(C)(C(=O)O)CC3)c2C(F)(F)F)c(Cl)n1. The molecule has 0 aromatic carbocycles. The van der Waals surface area contributed by atoms with Crippen molar-refractivity contribution in [3.8, 4) is 0 Å². The zero-order valence-corrected chi connectivity index (χ0v) is 24.7. The number of Topliss-reactive ketones (excluding diaryl/α,β-unsaturated/α-hetero) is 1. The number of halogens is 5. The number of ketones is 1. The number of rotatable bonds is 11. The number of alkyl halides is 3. The summed E-state index contributed by atoms with van der Waals surface area (Å²) in [5, 5.41) is 13.2. The van der Waals surface area contributed by atoms with Gasteiger partial charge in [0.1, 0.15) is 5.15 Å². The third-order valence-electron chi connectivity index (χ3n) is 7.13. The first-order valence-corrected chi connectivity index (χ1v) is 13.9. The van der Waals surface area contributed by atoms with E-state index < -0.39 is 53.1 Å². The summed E-state index contributed by atoms with van der Waals surface area (Å²) < 4.78 is 49.5. The molecule has 1 N–H and O–H groups in total. The highest BCUT2D eigenvalue weighted by atomic mass is 35.5. The molecule has 9 nitrogen and oxygen atoms in total. The van der Waals surface area contributed by atoms with Crippen molar-refractivity contribution in [3.05, 3.63) is 45.0 Å². The van der Waals surface area contributed by atoms with Crippen LogP contribution in [0.15, 0.2) is 12.3 Å². The summed E-state index contributed by atoms with van der Waals surface area (Å²) in [6, 6.07) is 0.672. The van der Waals surface area contributed by atoms with Crippen LogP contribution in [-0.2, 0) is 15.7 Å². The highest BCUT2D eigenvalue weighted by molar-refractivity contribution is 6.39. The van der Waals surface area contributed by atoms with Gasteiger partial charge in [-0.3, -0.25) is 19.1 Å². The third-order valence-corrected chi connectivity index (χ3v) is 7.70. The Bertz CT molecular complexity index is 1270. The molecular formula is C27H33Cl2F3N4O5. The lowest BCUT2D eigenvalue weighted by Gasteiger charge is -2.34. The van der Waals surface area contributed by atoms with Crippen LogP contribution in [0.5, 0.6) is 0 Å². The Morgan fingerprint density at radius 1 is 1.24 bits per heavy atom. The molecule has 2 aromatic rings. The van der Waals surface area contributed by atoms with Gasteiger partial charge >= 0.3 is 12.1 Å². The van der Waals surface area contributed by atoms with Crippen LogP contribution in [0, 0.1) is 18.3 Å². The number of carbonyl (C=O) groups excluding carboxylic acids is 2. The third kappa shape index (κ3) is 7.78. The number of pyridine rings is 1. The zero-order chi connectivity index (χ0) is 30.7. The normalized spacial score (nSPS) is 19.4. The van der Waals surface area contributed by atoms with Gasteiger partial charge in [0.15, 0.2) is 11.5 Å². The van der Waals surface area contributed by atoms with Crippen molar-refractivity contribution in [1.29, 1.82) is 0 Å². The van der Waals surface area contributed by atoms with Crippen molar-refractivity contribution < 1.29 is 37.4 Å². The summed E-state index contributed by atoms with van der Waals surface area (Å²) in [4.78, 5) is 43.4. The minimum atomic E-state index is -4.95. The Morgan fingerprint density at radius 3 is 2.41 bits per heavy atom. The number of aryl methyl sites for hydroxylation is 1. The smallest absolute Gasteiger partial charge is 0.433 e. The number of carboxylic acid groups (broad SMARTS) is 1. The molecule has 3 rings (SSSR count). The number of hydrogen-bond donors (Lipinski definition) is 1. The maximum absolute atomic E-state index is 14.4. The van der Waals surface area contributed by atoms with E-state index in [0.29, 0.717) is 12.3 Å². The van der Waals surface area contributed by atoms with Crippen molar-refractivity contribution in [2.45, 2.75) is 65.6 Å². The van der Waals surface area contributed by atoms with Gasteiger partial charge in [-0.15, -0.1) is 0 Å². The average Bonchev–Trinajstić information content (AvgIpc) is 3.31. The van der Waals surface area contributed by atoms with Crippen LogP contribution < -0.4 is 0 Å². The molecule has 0 aliphatic heterocycles. The van der Waals surface area contributed by atoms with E-state index in [0.717, 1.165) is 15.8 Å². The molecule has 2 aromatic heterocycles. The van der Waals surface area contributed by atoms with Crippen LogP contribution in [0.4, 0.5) is 13.2 Å². The lowest BCUT2D eigenvalue weighted by molar-refractivity contribution is -0.152. The average molecular weight is 621 g/mol. The summed E-state index contributed by atoms with van der Waals surface area (Å²) in [6.07, 6.45) is -3.50. The molecule has 0 spiro atoms. The van der Waals surface area contributed by atoms with Crippen LogP contribution in [0.25, 0.3) is 0 Å². The van der Waals surface area contributed by atoms with Crippen molar-refractivity contribution in [1.82, 2.24) is 19.7 Å². The summed E-state index contributed by atoms with van der Waals surface area (Å²) in [6.45, 7) is 6.51. The molecule has 0 saturated heterocycles. The number of carboxylic acids is 1. The monoisotopic (exact) mass is 620 g/mol. The summed E-state index contributed by atoms with van der Waals surface area (Å²) in [5.41, 5.74) is -2.70. The molecule has 0 bridgehead atoms. The number of ether oxygens (including phenoxy) is 1. The molecule has 1 amide bonds. The number of nitrogens with zero attached hydrogens (tertiary/aromatic N) is 4. The fourth-order valence-electron chi connectivity index (χ4n) is 4.79. The molecule has 14 heteroatoms. The van der Waals surface area contributed by atoms with E-state index >= 15 is 0 Å².